The smallest absolute Gasteiger partial charge is 0.308 e. The molecule has 5 N–H and O–H groups in total. The van der Waals surface area contributed by atoms with Crippen LogP contribution in [-0.4, -0.2) is 176 Å². The Hall–Kier alpha value is -9.83. The molecule has 0 radical (unpaired) electrons. The van der Waals surface area contributed by atoms with Crippen molar-refractivity contribution in [2.24, 2.45) is 0 Å². The third-order valence-corrected chi connectivity index (χ3v) is 18.2. The van der Waals surface area contributed by atoms with Gasteiger partial charge in [-0.3, -0.25) is 33.8 Å². The molecular formula is C87H118N10O10. The molecule has 10 aromatic rings. The van der Waals surface area contributed by atoms with Gasteiger partial charge in [-0.25, -0.2) is 0 Å². The van der Waals surface area contributed by atoms with Crippen molar-refractivity contribution < 1.29 is 47.7 Å². The van der Waals surface area contributed by atoms with Crippen molar-refractivity contribution in [3.05, 3.63) is 188 Å². The Morgan fingerprint density at radius 3 is 0.888 bits per heavy atom. The minimum absolute atomic E-state index is 0.284. The molecule has 0 fully saturated rings. The van der Waals surface area contributed by atoms with Crippen LogP contribution in [0.4, 0.5) is 0 Å². The first-order valence-corrected chi connectivity index (χ1v) is 37.6. The predicted molar refractivity (Wildman–Crippen MR) is 437 cm³/mol. The maximum Gasteiger partial charge on any atom is 0.308 e. The summed E-state index contributed by atoms with van der Waals surface area (Å²) in [5, 5.41) is 5.61. The molecule has 0 unspecified atom stereocenters. The lowest BCUT2D eigenvalue weighted by Gasteiger charge is -2.30. The third-order valence-electron chi connectivity index (χ3n) is 18.2. The standard InChI is InChI=1S/2C18H26N2O2.C18H22N2O2.C17H24N2O2.C16H20N2O2/c1-12(2)20(13(3)4)9-8-15-11-19-18-7-6-16(10-17(15)18)22-14(5)21;2*1-4-9-20(10-5-2)11-8-15-13-19-18-7-6-16(12-17(15)18)22-14(3)21;1-5-19(12(2)3)9-8-14-11-18-17-7-6-15(10-16(14)17)21-13(4)20;1-4-8-18(3)9-7-13-11-17-16-6-5-14(10-15(13)16)20-12(2)19/h6-7,10-13,19H,8-9H2,1-5H3;6-7,12-13,19H,4-5,8-11H2,1-3H3;4-7,12-13,19H,1-2,8-11H2,3H3;6-7,10-12,18H,5,8-9H2,1-4H3;4-6,10-11,17H,1,7-9H2,2-3H3. The van der Waals surface area contributed by atoms with E-state index in [-0.39, 0.29) is 29.8 Å². The van der Waals surface area contributed by atoms with Gasteiger partial charge in [0, 0.05) is 191 Å². The summed E-state index contributed by atoms with van der Waals surface area (Å²) in [5.41, 5.74) is 11.6. The molecule has 10 rings (SSSR count). The number of aromatic amines is 5. The Morgan fingerprint density at radius 2 is 0.636 bits per heavy atom. The third kappa shape index (κ3) is 28.1. The maximum absolute atomic E-state index is 11.1. The SMILES string of the molecule is C=CCN(C)CCc1c[nH]c2ccc(OC(C)=O)cc12.C=CCN(CC=C)CCc1c[nH]c2ccc(OC(C)=O)cc12.CC(=O)Oc1ccc2[nH]cc(CCN(C(C)C)C(C)C)c2c1.CCCN(CCC)CCc1c[nH]c2ccc(OC(C)=O)cc12.CCN(CCc1c[nH]c2ccc(OC(C)=O)cc12)C(C)C. The van der Waals surface area contributed by atoms with Crippen molar-refractivity contribution in [2.45, 2.75) is 160 Å². The number of ether oxygens (including phenoxy) is 5. The Kier molecular flexibility index (Phi) is 35.7. The van der Waals surface area contributed by atoms with E-state index in [9.17, 15) is 24.0 Å². The molecule has 0 aliphatic carbocycles. The molecule has 0 atom stereocenters. The normalized spacial score (nSPS) is 11.3. The van der Waals surface area contributed by atoms with Crippen LogP contribution in [0, 0.1) is 0 Å². The van der Waals surface area contributed by atoms with Gasteiger partial charge in [-0.05, 0) is 232 Å². The molecule has 0 saturated carbocycles. The monoisotopic (exact) mass is 1460 g/mol. The van der Waals surface area contributed by atoms with Crippen LogP contribution in [-0.2, 0) is 56.1 Å². The lowest BCUT2D eigenvalue weighted by atomic mass is 10.1. The number of likely N-dealkylation sites (N-methyl/N-ethyl adjacent to an activating group) is 2. The summed E-state index contributed by atoms with van der Waals surface area (Å²) in [6.07, 6.45) is 23.1. The van der Waals surface area contributed by atoms with Gasteiger partial charge in [-0.15, -0.1) is 19.7 Å². The van der Waals surface area contributed by atoms with E-state index in [4.69, 9.17) is 23.7 Å². The number of aromatic nitrogens is 5. The van der Waals surface area contributed by atoms with Gasteiger partial charge < -0.3 is 63.3 Å². The average molecular weight is 1460 g/mol. The summed E-state index contributed by atoms with van der Waals surface area (Å²) in [4.78, 5) is 83.6. The molecule has 0 spiro atoms. The number of benzene rings is 5. The van der Waals surface area contributed by atoms with E-state index in [2.05, 4.69) is 157 Å². The fourth-order valence-corrected chi connectivity index (χ4v) is 13.1. The molecule has 0 aliphatic rings. The lowest BCUT2D eigenvalue weighted by molar-refractivity contribution is -0.132. The number of H-pyrrole nitrogens is 5. The second kappa shape index (κ2) is 44.3. The fourth-order valence-electron chi connectivity index (χ4n) is 13.1. The van der Waals surface area contributed by atoms with Gasteiger partial charge >= 0.3 is 29.8 Å². The number of esters is 5. The van der Waals surface area contributed by atoms with E-state index in [1.807, 2.05) is 109 Å². The van der Waals surface area contributed by atoms with Crippen molar-refractivity contribution in [3.63, 3.8) is 0 Å². The molecular weight excluding hydrogens is 1350 g/mol. The first kappa shape index (κ1) is 86.1. The summed E-state index contributed by atoms with van der Waals surface area (Å²) in [7, 11) is 2.07. The zero-order valence-electron chi connectivity index (χ0n) is 66.2. The van der Waals surface area contributed by atoms with E-state index >= 15 is 0 Å². The molecule has 20 heteroatoms. The van der Waals surface area contributed by atoms with Crippen LogP contribution >= 0.6 is 0 Å². The topological polar surface area (TPSA) is 227 Å². The van der Waals surface area contributed by atoms with E-state index in [1.54, 1.807) is 12.1 Å². The molecule has 0 bridgehead atoms. The van der Waals surface area contributed by atoms with Crippen LogP contribution in [0.5, 0.6) is 28.7 Å². The quantitative estimate of drug-likeness (QED) is 0.0144. The van der Waals surface area contributed by atoms with Gasteiger partial charge in [-0.1, -0.05) is 39.0 Å². The number of fused-ring (bicyclic) bond motifs is 5. The fraction of sp³-hybridized carbons (Fsp3) is 0.414. The summed E-state index contributed by atoms with van der Waals surface area (Å²) < 4.78 is 25.8. The number of nitrogens with zero attached hydrogens (tertiary/aromatic N) is 5. The van der Waals surface area contributed by atoms with Gasteiger partial charge in [0.05, 0.1) is 0 Å². The van der Waals surface area contributed by atoms with Gasteiger partial charge in [0.25, 0.3) is 0 Å². The highest BCUT2D eigenvalue weighted by atomic mass is 16.5. The van der Waals surface area contributed by atoms with Gasteiger partial charge in [0.1, 0.15) is 28.7 Å². The Morgan fingerprint density at radius 1 is 0.364 bits per heavy atom. The van der Waals surface area contributed by atoms with Gasteiger partial charge in [-0.2, -0.15) is 0 Å². The molecule has 0 saturated heterocycles. The minimum Gasteiger partial charge on any atom is -0.427 e. The highest BCUT2D eigenvalue weighted by Gasteiger charge is 2.18. The second-order valence-electron chi connectivity index (χ2n) is 27.7. The minimum atomic E-state index is -0.306. The highest BCUT2D eigenvalue weighted by Crippen LogP contribution is 2.30. The van der Waals surface area contributed by atoms with Crippen LogP contribution in [0.1, 0.15) is 138 Å². The van der Waals surface area contributed by atoms with Crippen molar-refractivity contribution in [1.82, 2.24) is 49.4 Å². The molecule has 5 heterocycles. The highest BCUT2D eigenvalue weighted by molar-refractivity contribution is 5.89. The van der Waals surface area contributed by atoms with Crippen molar-refractivity contribution >= 4 is 84.4 Å². The molecule has 576 valence electrons. The van der Waals surface area contributed by atoms with E-state index in [1.165, 1.54) is 75.3 Å². The molecule has 107 heavy (non-hydrogen) atoms. The van der Waals surface area contributed by atoms with Crippen molar-refractivity contribution in [2.75, 3.05) is 79.0 Å². The molecule has 20 nitrogen and oxygen atoms in total. The Bertz CT molecular complexity index is 4450. The lowest BCUT2D eigenvalue weighted by Crippen LogP contribution is -2.38. The van der Waals surface area contributed by atoms with E-state index < -0.39 is 0 Å². The maximum atomic E-state index is 11.1. The second-order valence-corrected chi connectivity index (χ2v) is 27.7. The number of carbonyl (C=O) groups is 5. The van der Waals surface area contributed by atoms with Crippen LogP contribution < -0.4 is 23.7 Å². The van der Waals surface area contributed by atoms with Gasteiger partial charge in [0.2, 0.25) is 0 Å². The first-order chi connectivity index (χ1) is 51.3. The van der Waals surface area contributed by atoms with Crippen LogP contribution in [0.2, 0.25) is 0 Å². The molecule has 5 aromatic carbocycles. The van der Waals surface area contributed by atoms with Crippen molar-refractivity contribution in [1.29, 1.82) is 0 Å². The zero-order valence-corrected chi connectivity index (χ0v) is 66.2. The van der Waals surface area contributed by atoms with Crippen LogP contribution in [0.15, 0.2) is 160 Å². The predicted octanol–water partition coefficient (Wildman–Crippen LogP) is 16.9. The summed E-state index contributed by atoms with van der Waals surface area (Å²) in [5.74, 6) is 1.52. The molecule has 5 aromatic heterocycles. The van der Waals surface area contributed by atoms with Crippen molar-refractivity contribution in [3.8, 4) is 28.7 Å². The first-order valence-electron chi connectivity index (χ1n) is 37.6. The van der Waals surface area contributed by atoms with Gasteiger partial charge in [0.15, 0.2) is 0 Å². The van der Waals surface area contributed by atoms with E-state index in [0.29, 0.717) is 46.9 Å². The molecule has 0 aliphatic heterocycles. The zero-order chi connectivity index (χ0) is 78.1. The number of hydrogen-bond donors (Lipinski definition) is 5. The Balaban J connectivity index is 0.000000209. The summed E-state index contributed by atoms with van der Waals surface area (Å²) in [6.45, 7) is 49.3. The molecule has 0 amide bonds. The number of nitrogens with one attached hydrogen (secondary N) is 5. The van der Waals surface area contributed by atoms with Crippen LogP contribution in [0.25, 0.3) is 54.5 Å². The van der Waals surface area contributed by atoms with Crippen LogP contribution in [0.3, 0.4) is 0 Å². The number of carbonyl (C=O) groups excluding carboxylic acids is 5. The number of rotatable bonds is 34. The average Bonchev–Trinajstić information content (AvgIpc) is 1.70. The Labute approximate surface area is 633 Å². The summed E-state index contributed by atoms with van der Waals surface area (Å²) >= 11 is 0. The number of hydrogen-bond acceptors (Lipinski definition) is 15. The van der Waals surface area contributed by atoms with E-state index in [0.717, 1.165) is 159 Å². The summed E-state index contributed by atoms with van der Waals surface area (Å²) in [6, 6.07) is 30.1. The largest absolute Gasteiger partial charge is 0.427 e.